The van der Waals surface area contributed by atoms with Crippen LogP contribution in [0.25, 0.3) is 0 Å². The molecule has 2 rings (SSSR count). The van der Waals surface area contributed by atoms with E-state index in [1.165, 1.54) is 12.8 Å². The van der Waals surface area contributed by atoms with Gasteiger partial charge in [0.1, 0.15) is 5.15 Å². The normalized spacial score (nSPS) is 15.7. The largest absolute Gasteiger partial charge is 0.240 e. The van der Waals surface area contributed by atoms with Crippen LogP contribution >= 0.6 is 11.6 Å². The number of nitrogens with zero attached hydrogens (tertiary/aromatic N) is 1. The first-order valence-electron chi connectivity index (χ1n) is 3.94. The van der Waals surface area contributed by atoms with Gasteiger partial charge in [-0.1, -0.05) is 17.5 Å². The summed E-state index contributed by atoms with van der Waals surface area (Å²) in [5.74, 6) is 3.12. The second kappa shape index (κ2) is 2.80. The van der Waals surface area contributed by atoms with E-state index < -0.39 is 0 Å². The summed E-state index contributed by atoms with van der Waals surface area (Å²) in [5.41, 5.74) is 1.76. The molecule has 1 saturated carbocycles. The van der Waals surface area contributed by atoms with Gasteiger partial charge in [-0.3, -0.25) is 0 Å². The molecule has 1 aliphatic rings. The molecule has 0 radical (unpaired) electrons. The van der Waals surface area contributed by atoms with Crippen LogP contribution < -0.4 is 0 Å². The lowest BCUT2D eigenvalue weighted by Gasteiger charge is -1.99. The molecule has 0 saturated heterocycles. The number of hydrogen-bond acceptors (Lipinski definition) is 1. The van der Waals surface area contributed by atoms with Crippen molar-refractivity contribution < 1.29 is 0 Å². The molecule has 0 amide bonds. The average molecular weight is 178 g/mol. The predicted molar refractivity (Wildman–Crippen MR) is 49.2 cm³/mol. The third kappa shape index (κ3) is 1.31. The standard InChI is InChI=1S/C10H8ClN/c1-2-7-5-6-9(8-3-4-8)12-10(7)11/h1,5-6,8H,3-4H2. The Kier molecular flexibility index (Phi) is 1.78. The lowest BCUT2D eigenvalue weighted by molar-refractivity contribution is 1.02. The van der Waals surface area contributed by atoms with Gasteiger partial charge >= 0.3 is 0 Å². The number of halogens is 1. The van der Waals surface area contributed by atoms with Crippen LogP contribution in [0.15, 0.2) is 12.1 Å². The molecule has 0 atom stereocenters. The zero-order valence-electron chi connectivity index (χ0n) is 6.55. The van der Waals surface area contributed by atoms with Crippen molar-refractivity contribution in [1.82, 2.24) is 4.98 Å². The first kappa shape index (κ1) is 7.64. The molecule has 0 unspecified atom stereocenters. The molecule has 1 aliphatic carbocycles. The molecular weight excluding hydrogens is 170 g/mol. The van der Waals surface area contributed by atoms with Gasteiger partial charge in [-0.15, -0.1) is 6.42 Å². The van der Waals surface area contributed by atoms with Gasteiger partial charge in [0.25, 0.3) is 0 Å². The van der Waals surface area contributed by atoms with Crippen molar-refractivity contribution in [2.75, 3.05) is 0 Å². The van der Waals surface area contributed by atoms with E-state index in [-0.39, 0.29) is 0 Å². The summed E-state index contributed by atoms with van der Waals surface area (Å²) >= 11 is 5.85. The van der Waals surface area contributed by atoms with Crippen LogP contribution in [0, 0.1) is 12.3 Å². The number of pyridine rings is 1. The van der Waals surface area contributed by atoms with Crippen molar-refractivity contribution in [3.8, 4) is 12.3 Å². The molecule has 1 aromatic heterocycles. The van der Waals surface area contributed by atoms with Crippen LogP contribution in [0.2, 0.25) is 5.15 Å². The second-order valence-electron chi connectivity index (χ2n) is 2.99. The first-order chi connectivity index (χ1) is 5.81. The molecule has 0 aromatic carbocycles. The minimum Gasteiger partial charge on any atom is -0.240 e. The van der Waals surface area contributed by atoms with E-state index in [0.29, 0.717) is 16.6 Å². The molecule has 1 nitrogen and oxygen atoms in total. The fourth-order valence-corrected chi connectivity index (χ4v) is 1.38. The third-order valence-corrected chi connectivity index (χ3v) is 2.31. The lowest BCUT2D eigenvalue weighted by atomic mass is 10.2. The fourth-order valence-electron chi connectivity index (χ4n) is 1.16. The summed E-state index contributed by atoms with van der Waals surface area (Å²) in [6, 6.07) is 3.84. The van der Waals surface area contributed by atoms with Gasteiger partial charge in [0.05, 0.1) is 5.56 Å². The minimum absolute atomic E-state index is 0.460. The number of aromatic nitrogens is 1. The summed E-state index contributed by atoms with van der Waals surface area (Å²) in [6.45, 7) is 0. The van der Waals surface area contributed by atoms with Gasteiger partial charge in [-0.2, -0.15) is 0 Å². The van der Waals surface area contributed by atoms with Crippen LogP contribution in [0.3, 0.4) is 0 Å². The highest BCUT2D eigenvalue weighted by Crippen LogP contribution is 2.39. The molecule has 0 bridgehead atoms. The Morgan fingerprint density at radius 3 is 2.75 bits per heavy atom. The fraction of sp³-hybridized carbons (Fsp3) is 0.300. The first-order valence-corrected chi connectivity index (χ1v) is 4.32. The van der Waals surface area contributed by atoms with Crippen LogP contribution in [-0.4, -0.2) is 4.98 Å². The molecule has 0 N–H and O–H groups in total. The van der Waals surface area contributed by atoms with E-state index in [1.54, 1.807) is 0 Å². The summed E-state index contributed by atoms with van der Waals surface area (Å²) in [7, 11) is 0. The monoisotopic (exact) mass is 177 g/mol. The summed E-state index contributed by atoms with van der Waals surface area (Å²) in [5, 5.41) is 0.460. The minimum atomic E-state index is 0.460. The quantitative estimate of drug-likeness (QED) is 0.475. The highest BCUT2D eigenvalue weighted by atomic mass is 35.5. The van der Waals surface area contributed by atoms with Gasteiger partial charge in [0.15, 0.2) is 0 Å². The van der Waals surface area contributed by atoms with E-state index in [1.807, 2.05) is 12.1 Å². The Balaban J connectivity index is 2.38. The van der Waals surface area contributed by atoms with Gasteiger partial charge in [0, 0.05) is 11.6 Å². The highest BCUT2D eigenvalue weighted by molar-refractivity contribution is 6.30. The van der Waals surface area contributed by atoms with E-state index in [9.17, 15) is 0 Å². The molecule has 0 aliphatic heterocycles. The topological polar surface area (TPSA) is 12.9 Å². The van der Waals surface area contributed by atoms with E-state index >= 15 is 0 Å². The Labute approximate surface area is 76.8 Å². The lowest BCUT2D eigenvalue weighted by Crippen LogP contribution is -1.88. The Morgan fingerprint density at radius 2 is 2.25 bits per heavy atom. The number of terminal acetylenes is 1. The molecular formula is C10H8ClN. The van der Waals surface area contributed by atoms with Crippen LogP contribution in [0.5, 0.6) is 0 Å². The van der Waals surface area contributed by atoms with Gasteiger partial charge in [-0.05, 0) is 25.0 Å². The third-order valence-electron chi connectivity index (χ3n) is 2.02. The second-order valence-corrected chi connectivity index (χ2v) is 3.35. The van der Waals surface area contributed by atoms with Gasteiger partial charge in [-0.25, -0.2) is 4.98 Å². The van der Waals surface area contributed by atoms with Crippen molar-refractivity contribution >= 4 is 11.6 Å². The number of hydrogen-bond donors (Lipinski definition) is 0. The van der Waals surface area contributed by atoms with Crippen molar-refractivity contribution in [1.29, 1.82) is 0 Å². The van der Waals surface area contributed by atoms with Gasteiger partial charge in [0.2, 0.25) is 0 Å². The maximum atomic E-state index is 5.85. The summed E-state index contributed by atoms with van der Waals surface area (Å²) in [4.78, 5) is 4.23. The zero-order valence-corrected chi connectivity index (χ0v) is 7.30. The predicted octanol–water partition coefficient (Wildman–Crippen LogP) is 2.59. The SMILES string of the molecule is C#Cc1ccc(C2CC2)nc1Cl. The Morgan fingerprint density at radius 1 is 1.50 bits per heavy atom. The average Bonchev–Trinajstić information content (AvgIpc) is 2.86. The maximum Gasteiger partial charge on any atom is 0.144 e. The Bertz CT molecular complexity index is 347. The Hall–Kier alpha value is -1.00. The molecule has 1 aromatic rings. The molecule has 60 valence electrons. The van der Waals surface area contributed by atoms with E-state index in [2.05, 4.69) is 10.9 Å². The molecule has 1 heterocycles. The van der Waals surface area contributed by atoms with Crippen molar-refractivity contribution in [2.45, 2.75) is 18.8 Å². The van der Waals surface area contributed by atoms with Gasteiger partial charge < -0.3 is 0 Å². The molecule has 2 heteroatoms. The van der Waals surface area contributed by atoms with E-state index in [0.717, 1.165) is 5.69 Å². The zero-order chi connectivity index (χ0) is 8.55. The van der Waals surface area contributed by atoms with Crippen molar-refractivity contribution in [2.24, 2.45) is 0 Å². The molecule has 1 fully saturated rings. The molecule has 12 heavy (non-hydrogen) atoms. The van der Waals surface area contributed by atoms with Crippen LogP contribution in [0.4, 0.5) is 0 Å². The molecule has 0 spiro atoms. The van der Waals surface area contributed by atoms with Crippen LogP contribution in [-0.2, 0) is 0 Å². The van der Waals surface area contributed by atoms with Crippen molar-refractivity contribution in [3.63, 3.8) is 0 Å². The summed E-state index contributed by atoms with van der Waals surface area (Å²) < 4.78 is 0. The van der Waals surface area contributed by atoms with Crippen LogP contribution in [0.1, 0.15) is 30.0 Å². The van der Waals surface area contributed by atoms with E-state index in [4.69, 9.17) is 18.0 Å². The smallest absolute Gasteiger partial charge is 0.144 e. The van der Waals surface area contributed by atoms with Crippen molar-refractivity contribution in [3.05, 3.63) is 28.5 Å². The summed E-state index contributed by atoms with van der Waals surface area (Å²) in [6.07, 6.45) is 7.69. The highest BCUT2D eigenvalue weighted by Gasteiger charge is 2.25. The number of rotatable bonds is 1. The maximum absolute atomic E-state index is 5.85.